The first-order chi connectivity index (χ1) is 8.61. The van der Waals surface area contributed by atoms with Gasteiger partial charge in [0.05, 0.1) is 35.2 Å². The van der Waals surface area contributed by atoms with Gasteiger partial charge in [0.1, 0.15) is 0 Å². The standard InChI is InChI=1S/C11H4F6N2/c12-10(13,14)8-4-6(5-19)3-7(1-2-18)9(8)11(15,16)17/h3-4H,1H2. The molecule has 1 rings (SSSR count). The third kappa shape index (κ3) is 3.16. The Hall–Kier alpha value is -2.22. The molecule has 0 aliphatic carbocycles. The van der Waals surface area contributed by atoms with Crippen molar-refractivity contribution in [3.8, 4) is 12.1 Å². The van der Waals surface area contributed by atoms with Crippen LogP contribution in [0.2, 0.25) is 0 Å². The highest BCUT2D eigenvalue weighted by molar-refractivity contribution is 5.47. The molecule has 0 unspecified atom stereocenters. The molecule has 0 heterocycles. The summed E-state index contributed by atoms with van der Waals surface area (Å²) in [6.07, 6.45) is -11.4. The van der Waals surface area contributed by atoms with Crippen molar-refractivity contribution in [2.45, 2.75) is 18.8 Å². The van der Waals surface area contributed by atoms with E-state index in [1.165, 1.54) is 12.1 Å². The van der Waals surface area contributed by atoms with Crippen molar-refractivity contribution in [2.24, 2.45) is 0 Å². The maximum atomic E-state index is 12.7. The van der Waals surface area contributed by atoms with E-state index in [1.807, 2.05) is 0 Å². The Labute approximate surface area is 103 Å². The predicted molar refractivity (Wildman–Crippen MR) is 50.5 cm³/mol. The third-order valence-corrected chi connectivity index (χ3v) is 2.21. The van der Waals surface area contributed by atoms with E-state index in [4.69, 9.17) is 10.5 Å². The molecule has 0 atom stereocenters. The summed E-state index contributed by atoms with van der Waals surface area (Å²) in [5.41, 5.74) is -5.31. The van der Waals surface area contributed by atoms with Crippen LogP contribution in [0.3, 0.4) is 0 Å². The number of halogens is 6. The molecule has 8 heteroatoms. The lowest BCUT2D eigenvalue weighted by molar-refractivity contribution is -0.162. The molecular weight excluding hydrogens is 274 g/mol. The van der Waals surface area contributed by atoms with E-state index in [-0.39, 0.29) is 6.07 Å². The van der Waals surface area contributed by atoms with Gasteiger partial charge < -0.3 is 0 Å². The molecule has 0 fully saturated rings. The van der Waals surface area contributed by atoms with Crippen LogP contribution < -0.4 is 0 Å². The largest absolute Gasteiger partial charge is 0.417 e. The van der Waals surface area contributed by atoms with Crippen LogP contribution in [0.15, 0.2) is 12.1 Å². The van der Waals surface area contributed by atoms with Crippen LogP contribution in [0.1, 0.15) is 22.3 Å². The predicted octanol–water partition coefficient (Wildman–Crippen LogP) is 3.66. The summed E-state index contributed by atoms with van der Waals surface area (Å²) < 4.78 is 76.0. The summed E-state index contributed by atoms with van der Waals surface area (Å²) in [4.78, 5) is 0. The monoisotopic (exact) mass is 278 g/mol. The second-order valence-electron chi connectivity index (χ2n) is 3.50. The topological polar surface area (TPSA) is 47.6 Å². The minimum atomic E-state index is -5.26. The lowest BCUT2D eigenvalue weighted by Crippen LogP contribution is -2.19. The van der Waals surface area contributed by atoms with Crippen LogP contribution in [0.5, 0.6) is 0 Å². The van der Waals surface area contributed by atoms with Gasteiger partial charge in [0.2, 0.25) is 0 Å². The fourth-order valence-electron chi connectivity index (χ4n) is 1.55. The second kappa shape index (κ2) is 4.81. The van der Waals surface area contributed by atoms with Crippen LogP contribution in [-0.4, -0.2) is 0 Å². The Morgan fingerprint density at radius 1 is 0.947 bits per heavy atom. The molecule has 1 aromatic carbocycles. The van der Waals surface area contributed by atoms with Crippen LogP contribution in [0, 0.1) is 22.7 Å². The van der Waals surface area contributed by atoms with Crippen molar-refractivity contribution >= 4 is 0 Å². The third-order valence-electron chi connectivity index (χ3n) is 2.21. The normalized spacial score (nSPS) is 11.8. The lowest BCUT2D eigenvalue weighted by atomic mass is 9.95. The second-order valence-corrected chi connectivity index (χ2v) is 3.50. The van der Waals surface area contributed by atoms with Crippen molar-refractivity contribution in [1.29, 1.82) is 10.5 Å². The van der Waals surface area contributed by atoms with E-state index >= 15 is 0 Å². The van der Waals surface area contributed by atoms with Gasteiger partial charge in [0, 0.05) is 0 Å². The summed E-state index contributed by atoms with van der Waals surface area (Å²) in [7, 11) is 0. The smallest absolute Gasteiger partial charge is 0.198 e. The van der Waals surface area contributed by atoms with E-state index in [9.17, 15) is 26.3 Å². The molecule has 0 radical (unpaired) electrons. The first kappa shape index (κ1) is 14.8. The van der Waals surface area contributed by atoms with E-state index in [1.54, 1.807) is 0 Å². The Kier molecular flexibility index (Phi) is 3.75. The van der Waals surface area contributed by atoms with Crippen molar-refractivity contribution in [2.75, 3.05) is 0 Å². The summed E-state index contributed by atoms with van der Waals surface area (Å²) >= 11 is 0. The number of benzene rings is 1. The minimum absolute atomic E-state index is 0.129. The zero-order valence-corrected chi connectivity index (χ0v) is 9.02. The average Bonchev–Trinajstić information content (AvgIpc) is 2.25. The van der Waals surface area contributed by atoms with Crippen molar-refractivity contribution in [3.05, 3.63) is 34.4 Å². The first-order valence-corrected chi connectivity index (χ1v) is 4.69. The van der Waals surface area contributed by atoms with Gasteiger partial charge in [0.15, 0.2) is 0 Å². The Bertz CT molecular complexity index is 571. The Morgan fingerprint density at radius 3 is 1.89 bits per heavy atom. The maximum Gasteiger partial charge on any atom is 0.417 e. The van der Waals surface area contributed by atoms with Gasteiger partial charge in [-0.05, 0) is 17.7 Å². The zero-order chi connectivity index (χ0) is 14.8. The Balaban J connectivity index is 3.74. The van der Waals surface area contributed by atoms with Crippen molar-refractivity contribution in [1.82, 2.24) is 0 Å². The first-order valence-electron chi connectivity index (χ1n) is 4.69. The molecule has 0 aliphatic heterocycles. The number of rotatable bonds is 1. The minimum Gasteiger partial charge on any atom is -0.198 e. The zero-order valence-electron chi connectivity index (χ0n) is 9.02. The highest BCUT2D eigenvalue weighted by Crippen LogP contribution is 2.42. The lowest BCUT2D eigenvalue weighted by Gasteiger charge is -2.18. The van der Waals surface area contributed by atoms with Crippen LogP contribution in [-0.2, 0) is 18.8 Å². The van der Waals surface area contributed by atoms with Gasteiger partial charge in [-0.3, -0.25) is 0 Å². The molecule has 0 aliphatic rings. The molecule has 0 amide bonds. The molecule has 0 saturated heterocycles. The fourth-order valence-corrected chi connectivity index (χ4v) is 1.55. The molecular formula is C11H4F6N2. The molecule has 1 aromatic rings. The Morgan fingerprint density at radius 2 is 1.53 bits per heavy atom. The van der Waals surface area contributed by atoms with E-state index < -0.39 is 41.0 Å². The van der Waals surface area contributed by atoms with Gasteiger partial charge in [-0.15, -0.1) is 0 Å². The number of hydrogen-bond acceptors (Lipinski definition) is 2. The number of alkyl halides is 6. The fraction of sp³-hybridized carbons (Fsp3) is 0.273. The SMILES string of the molecule is N#CCc1cc(C#N)cc(C(F)(F)F)c1C(F)(F)F. The van der Waals surface area contributed by atoms with Crippen LogP contribution in [0.4, 0.5) is 26.3 Å². The molecule has 19 heavy (non-hydrogen) atoms. The molecule has 100 valence electrons. The molecule has 0 N–H and O–H groups in total. The van der Waals surface area contributed by atoms with Crippen LogP contribution >= 0.6 is 0 Å². The van der Waals surface area contributed by atoms with E-state index in [0.29, 0.717) is 6.07 Å². The summed E-state index contributed by atoms with van der Waals surface area (Å²) in [5, 5.41) is 16.9. The van der Waals surface area contributed by atoms with E-state index in [2.05, 4.69) is 0 Å². The summed E-state index contributed by atoms with van der Waals surface area (Å²) in [6.45, 7) is 0. The number of hydrogen-bond donors (Lipinski definition) is 0. The van der Waals surface area contributed by atoms with Crippen LogP contribution in [0.25, 0.3) is 0 Å². The van der Waals surface area contributed by atoms with Gasteiger partial charge in [-0.25, -0.2) is 0 Å². The molecule has 0 aromatic heterocycles. The van der Waals surface area contributed by atoms with Gasteiger partial charge in [-0.2, -0.15) is 36.9 Å². The van der Waals surface area contributed by atoms with Crippen molar-refractivity contribution in [3.63, 3.8) is 0 Å². The van der Waals surface area contributed by atoms with Crippen molar-refractivity contribution < 1.29 is 26.3 Å². The number of nitrogens with zero attached hydrogens (tertiary/aromatic N) is 2. The van der Waals surface area contributed by atoms with Gasteiger partial charge in [0.25, 0.3) is 0 Å². The quantitative estimate of drug-likeness (QED) is 0.736. The average molecular weight is 278 g/mol. The summed E-state index contributed by atoms with van der Waals surface area (Å²) in [6, 6.07) is 3.46. The molecule has 0 spiro atoms. The molecule has 0 saturated carbocycles. The van der Waals surface area contributed by atoms with E-state index in [0.717, 1.165) is 0 Å². The van der Waals surface area contributed by atoms with Gasteiger partial charge in [-0.1, -0.05) is 0 Å². The highest BCUT2D eigenvalue weighted by Gasteiger charge is 2.45. The highest BCUT2D eigenvalue weighted by atomic mass is 19.4. The summed E-state index contributed by atoms with van der Waals surface area (Å²) in [5.74, 6) is 0. The molecule has 0 bridgehead atoms. The van der Waals surface area contributed by atoms with Gasteiger partial charge >= 0.3 is 12.4 Å². The maximum absolute atomic E-state index is 12.7. The number of nitriles is 2. The molecule has 2 nitrogen and oxygen atoms in total.